The number of aromatic nitrogens is 1. The second-order valence-electron chi connectivity index (χ2n) is 5.77. The van der Waals surface area contributed by atoms with Crippen LogP contribution in [0, 0.1) is 11.3 Å². The fraction of sp³-hybridized carbons (Fsp3) is 0.0526. The van der Waals surface area contributed by atoms with Crippen LogP contribution >= 0.6 is 50.7 Å². The maximum absolute atomic E-state index is 13.9. The predicted molar refractivity (Wildman–Crippen MR) is 108 cm³/mol. The van der Waals surface area contributed by atoms with Gasteiger partial charge in [-0.05, 0) is 46.3 Å². The van der Waals surface area contributed by atoms with E-state index in [9.17, 15) is 23.2 Å². The highest BCUT2D eigenvalue weighted by Gasteiger charge is 2.42. The first-order valence-electron chi connectivity index (χ1n) is 7.73. The van der Waals surface area contributed by atoms with Gasteiger partial charge in [0.25, 0.3) is 5.91 Å². The van der Waals surface area contributed by atoms with Gasteiger partial charge in [0.1, 0.15) is 11.8 Å². The van der Waals surface area contributed by atoms with Gasteiger partial charge in [0.2, 0.25) is 0 Å². The van der Waals surface area contributed by atoms with E-state index in [0.717, 1.165) is 6.07 Å². The van der Waals surface area contributed by atoms with Gasteiger partial charge >= 0.3 is 6.18 Å². The molecule has 3 aromatic rings. The first-order valence-corrected chi connectivity index (χ1v) is 9.66. The van der Waals surface area contributed by atoms with Crippen LogP contribution in [0.2, 0.25) is 15.1 Å². The second-order valence-corrected chi connectivity index (χ2v) is 7.82. The normalized spacial score (nSPS) is 11.4. The maximum Gasteiger partial charge on any atom is 0.433 e. The SMILES string of the molecule is N#Cc1c(Br)c(C(F)(F)F)n(C(=O)c2ccc(Cl)c(Cl)c2)c1-c1ccc(Cl)cc1. The Labute approximate surface area is 186 Å². The standard InChI is InChI=1S/C19H7BrCl3F3N2O/c20-15-12(8-27)16(9-1-4-11(21)5-2-9)28(17(15)19(24,25)26)18(29)10-3-6-13(22)14(23)7-10/h1-7H. The quantitative estimate of drug-likeness (QED) is 0.351. The number of nitrogens with zero attached hydrogens (tertiary/aromatic N) is 2. The molecular weight excluding hydrogens is 515 g/mol. The molecule has 2 aromatic carbocycles. The zero-order chi connectivity index (χ0) is 21.5. The van der Waals surface area contributed by atoms with Crippen LogP contribution in [0.25, 0.3) is 11.3 Å². The number of hydrogen-bond acceptors (Lipinski definition) is 2. The summed E-state index contributed by atoms with van der Waals surface area (Å²) >= 11 is 20.5. The molecule has 10 heteroatoms. The summed E-state index contributed by atoms with van der Waals surface area (Å²) < 4.78 is 41.5. The number of halogens is 7. The van der Waals surface area contributed by atoms with Crippen LogP contribution in [-0.4, -0.2) is 10.5 Å². The number of nitriles is 1. The predicted octanol–water partition coefficient (Wildman–Crippen LogP) is 7.46. The van der Waals surface area contributed by atoms with Crippen LogP contribution in [0.5, 0.6) is 0 Å². The molecule has 148 valence electrons. The molecule has 3 nitrogen and oxygen atoms in total. The molecule has 0 unspecified atom stereocenters. The number of alkyl halides is 3. The number of rotatable bonds is 2. The van der Waals surface area contributed by atoms with Gasteiger partial charge in [-0.1, -0.05) is 46.9 Å². The average Bonchev–Trinajstić information content (AvgIpc) is 2.96. The van der Waals surface area contributed by atoms with Gasteiger partial charge in [-0.2, -0.15) is 18.4 Å². The van der Waals surface area contributed by atoms with E-state index >= 15 is 0 Å². The molecule has 1 heterocycles. The molecule has 0 radical (unpaired) electrons. The zero-order valence-corrected chi connectivity index (χ0v) is 17.8. The van der Waals surface area contributed by atoms with E-state index in [4.69, 9.17) is 34.8 Å². The van der Waals surface area contributed by atoms with Crippen molar-refractivity contribution in [2.24, 2.45) is 0 Å². The van der Waals surface area contributed by atoms with Crippen LogP contribution in [0.4, 0.5) is 13.2 Å². The Kier molecular flexibility index (Phi) is 6.02. The lowest BCUT2D eigenvalue weighted by Gasteiger charge is -2.15. The molecule has 0 fully saturated rings. The number of carbonyl (C=O) groups is 1. The highest BCUT2D eigenvalue weighted by Crippen LogP contribution is 2.43. The molecule has 1 aromatic heterocycles. The fourth-order valence-electron chi connectivity index (χ4n) is 2.74. The van der Waals surface area contributed by atoms with Crippen LogP contribution in [0.3, 0.4) is 0 Å². The Bertz CT molecular complexity index is 1170. The summed E-state index contributed by atoms with van der Waals surface area (Å²) in [5, 5.41) is 10.0. The van der Waals surface area contributed by atoms with Gasteiger partial charge in [-0.3, -0.25) is 9.36 Å². The van der Waals surface area contributed by atoms with Crippen LogP contribution in [0.15, 0.2) is 46.9 Å². The van der Waals surface area contributed by atoms with E-state index < -0.39 is 22.3 Å². The van der Waals surface area contributed by atoms with Gasteiger partial charge in [0.15, 0.2) is 0 Å². The summed E-state index contributed by atoms with van der Waals surface area (Å²) in [6, 6.07) is 11.2. The zero-order valence-electron chi connectivity index (χ0n) is 14.0. The molecule has 0 atom stereocenters. The van der Waals surface area contributed by atoms with Crippen molar-refractivity contribution in [3.8, 4) is 17.3 Å². The topological polar surface area (TPSA) is 45.8 Å². The lowest BCUT2D eigenvalue weighted by atomic mass is 10.1. The van der Waals surface area contributed by atoms with E-state index in [0.29, 0.717) is 9.59 Å². The third-order valence-electron chi connectivity index (χ3n) is 3.98. The Morgan fingerprint density at radius 3 is 2.17 bits per heavy atom. The van der Waals surface area contributed by atoms with E-state index in [1.54, 1.807) is 6.07 Å². The van der Waals surface area contributed by atoms with Crippen molar-refractivity contribution >= 4 is 56.6 Å². The largest absolute Gasteiger partial charge is 0.433 e. The van der Waals surface area contributed by atoms with Crippen molar-refractivity contribution < 1.29 is 18.0 Å². The van der Waals surface area contributed by atoms with Crippen molar-refractivity contribution in [1.82, 2.24) is 4.57 Å². The molecule has 0 saturated heterocycles. The van der Waals surface area contributed by atoms with E-state index in [2.05, 4.69) is 15.9 Å². The summed E-state index contributed by atoms with van der Waals surface area (Å²) in [7, 11) is 0. The van der Waals surface area contributed by atoms with Gasteiger partial charge in [-0.15, -0.1) is 0 Å². The van der Waals surface area contributed by atoms with Crippen molar-refractivity contribution in [3.05, 3.63) is 78.8 Å². The molecule has 0 aliphatic rings. The van der Waals surface area contributed by atoms with Crippen LogP contribution in [0.1, 0.15) is 21.6 Å². The lowest BCUT2D eigenvalue weighted by molar-refractivity contribution is -0.143. The fourth-order valence-corrected chi connectivity index (χ4v) is 3.84. The molecule has 3 rings (SSSR count). The van der Waals surface area contributed by atoms with Crippen molar-refractivity contribution in [3.63, 3.8) is 0 Å². The molecule has 0 N–H and O–H groups in total. The third-order valence-corrected chi connectivity index (χ3v) is 5.74. The van der Waals surface area contributed by atoms with Crippen molar-refractivity contribution in [2.45, 2.75) is 6.18 Å². The minimum absolute atomic E-state index is 0.00541. The van der Waals surface area contributed by atoms with E-state index in [1.807, 2.05) is 0 Å². The van der Waals surface area contributed by atoms with Gasteiger partial charge in [-0.25, -0.2) is 0 Å². The van der Waals surface area contributed by atoms with Crippen LogP contribution < -0.4 is 0 Å². The molecule has 0 aliphatic carbocycles. The summed E-state index contributed by atoms with van der Waals surface area (Å²) in [5.74, 6) is -1.02. The Morgan fingerprint density at radius 1 is 1.03 bits per heavy atom. The number of benzene rings is 2. The monoisotopic (exact) mass is 520 g/mol. The van der Waals surface area contributed by atoms with Crippen molar-refractivity contribution in [1.29, 1.82) is 5.26 Å². The Morgan fingerprint density at radius 2 is 1.66 bits per heavy atom. The number of carbonyl (C=O) groups excluding carboxylic acids is 1. The minimum Gasteiger partial charge on any atom is -0.269 e. The molecule has 0 amide bonds. The Balaban J connectivity index is 2.39. The molecule has 0 saturated carbocycles. The first kappa shape index (κ1) is 21.7. The maximum atomic E-state index is 13.9. The van der Waals surface area contributed by atoms with Gasteiger partial charge < -0.3 is 0 Å². The highest BCUT2D eigenvalue weighted by molar-refractivity contribution is 9.10. The molecular formula is C19H7BrCl3F3N2O. The van der Waals surface area contributed by atoms with Crippen LogP contribution in [-0.2, 0) is 6.18 Å². The smallest absolute Gasteiger partial charge is 0.269 e. The van der Waals surface area contributed by atoms with Gasteiger partial charge in [0.05, 0.1) is 25.8 Å². The first-order chi connectivity index (χ1) is 13.6. The van der Waals surface area contributed by atoms with Crippen molar-refractivity contribution in [2.75, 3.05) is 0 Å². The molecule has 0 aliphatic heterocycles. The summed E-state index contributed by atoms with van der Waals surface area (Å²) in [6.07, 6.45) is -4.93. The highest BCUT2D eigenvalue weighted by atomic mass is 79.9. The average molecular weight is 523 g/mol. The molecule has 0 bridgehead atoms. The molecule has 29 heavy (non-hydrogen) atoms. The van der Waals surface area contributed by atoms with E-state index in [-0.39, 0.29) is 32.4 Å². The summed E-state index contributed by atoms with van der Waals surface area (Å²) in [6.45, 7) is 0. The van der Waals surface area contributed by atoms with Gasteiger partial charge in [0, 0.05) is 16.1 Å². The molecule has 0 spiro atoms. The second kappa shape index (κ2) is 8.04. The number of hydrogen-bond donors (Lipinski definition) is 0. The Hall–Kier alpha value is -1.98. The van der Waals surface area contributed by atoms with E-state index in [1.165, 1.54) is 36.4 Å². The third kappa shape index (κ3) is 4.03. The summed E-state index contributed by atoms with van der Waals surface area (Å²) in [4.78, 5) is 13.1. The minimum atomic E-state index is -4.93. The lowest BCUT2D eigenvalue weighted by Crippen LogP contribution is -2.22. The summed E-state index contributed by atoms with van der Waals surface area (Å²) in [5.41, 5.74) is -1.80.